The van der Waals surface area contributed by atoms with Crippen LogP contribution in [0.4, 0.5) is 11.6 Å². The lowest BCUT2D eigenvalue weighted by Gasteiger charge is -2.32. The Balaban J connectivity index is 2.03. The number of aryl methyl sites for hydroxylation is 1. The van der Waals surface area contributed by atoms with Crippen LogP contribution in [0.5, 0.6) is 0 Å². The molecule has 1 atom stereocenters. The zero-order valence-electron chi connectivity index (χ0n) is 15.1. The first-order chi connectivity index (χ1) is 12.9. The quantitative estimate of drug-likeness (QED) is 0.709. The highest BCUT2D eigenvalue weighted by atomic mass is 16.2. The smallest absolute Gasteiger partial charge is 0.332 e. The molecule has 0 radical (unpaired) electrons. The molecule has 3 aromatic rings. The Morgan fingerprint density at radius 2 is 1.93 bits per heavy atom. The second-order valence-corrected chi connectivity index (χ2v) is 6.95. The first-order valence-corrected chi connectivity index (χ1v) is 8.69. The molecule has 9 heteroatoms. The number of benzene rings is 1. The number of carbonyl (C=O) groups is 1. The minimum absolute atomic E-state index is 0.260. The van der Waals surface area contributed by atoms with E-state index in [1.807, 2.05) is 39.8 Å². The Morgan fingerprint density at radius 1 is 1.22 bits per heavy atom. The number of aromatic nitrogens is 4. The van der Waals surface area contributed by atoms with Crippen molar-refractivity contribution in [3.63, 3.8) is 0 Å². The Hall–Kier alpha value is -3.36. The zero-order valence-corrected chi connectivity index (χ0v) is 15.1. The molecule has 0 saturated carbocycles. The van der Waals surface area contributed by atoms with E-state index in [-0.39, 0.29) is 5.92 Å². The highest BCUT2D eigenvalue weighted by molar-refractivity contribution is 5.78. The number of carbonyl (C=O) groups excluding carboxylic acids is 1. The van der Waals surface area contributed by atoms with Gasteiger partial charge in [-0.25, -0.2) is 9.36 Å². The van der Waals surface area contributed by atoms with Gasteiger partial charge in [0.2, 0.25) is 11.9 Å². The molecular weight excluding hydrogens is 348 g/mol. The number of hydrogen-bond acceptors (Lipinski definition) is 5. The number of nitrogens with zero attached hydrogens (tertiary/aromatic N) is 5. The van der Waals surface area contributed by atoms with Crippen molar-refractivity contribution in [2.75, 3.05) is 11.4 Å². The maximum Gasteiger partial charge on any atom is 0.332 e. The predicted molar refractivity (Wildman–Crippen MR) is 101 cm³/mol. The van der Waals surface area contributed by atoms with E-state index in [0.717, 1.165) is 16.8 Å². The van der Waals surface area contributed by atoms with E-state index in [4.69, 9.17) is 5.73 Å². The average Bonchev–Trinajstić information content (AvgIpc) is 3.03. The Kier molecular flexibility index (Phi) is 3.87. The van der Waals surface area contributed by atoms with Crippen molar-refractivity contribution in [2.45, 2.75) is 20.0 Å². The fourth-order valence-electron chi connectivity index (χ4n) is 3.63. The summed E-state index contributed by atoms with van der Waals surface area (Å²) in [6.07, 6.45) is 0. The number of para-hydroxylation sites is 1. The van der Waals surface area contributed by atoms with Crippen molar-refractivity contribution >= 4 is 28.7 Å². The summed E-state index contributed by atoms with van der Waals surface area (Å²) in [5.41, 5.74) is 5.62. The van der Waals surface area contributed by atoms with Crippen LogP contribution in [0, 0.1) is 5.92 Å². The molecular formula is C18H20N6O3. The molecule has 1 aliphatic heterocycles. The molecule has 0 bridgehead atoms. The molecule has 0 fully saturated rings. The normalized spacial score (nSPS) is 16.5. The number of fused-ring (bicyclic) bond motifs is 3. The number of nitrogens with two attached hydrogens (primary N) is 1. The third-order valence-corrected chi connectivity index (χ3v) is 4.82. The highest BCUT2D eigenvalue weighted by Gasteiger charge is 2.29. The average molecular weight is 368 g/mol. The Bertz CT molecular complexity index is 1160. The Labute approximate surface area is 154 Å². The standard InChI is InChI=1S/C18H20N6O3/c1-11-8-22(12-6-4-3-5-7-12)17-20-15-14(23(17)9-11)16(26)24(10-13(19)25)18(27)21(15)2/h3-7,11H,8-10H2,1-2H3,(H2,19,25)/t11-/m0/s1. The van der Waals surface area contributed by atoms with E-state index in [2.05, 4.69) is 11.9 Å². The van der Waals surface area contributed by atoms with Crippen LogP contribution in [-0.4, -0.2) is 31.1 Å². The first kappa shape index (κ1) is 17.1. The molecule has 27 heavy (non-hydrogen) atoms. The summed E-state index contributed by atoms with van der Waals surface area (Å²) in [6.45, 7) is 2.98. The number of amides is 1. The summed E-state index contributed by atoms with van der Waals surface area (Å²) in [5.74, 6) is 0.126. The van der Waals surface area contributed by atoms with E-state index in [1.54, 1.807) is 0 Å². The second-order valence-electron chi connectivity index (χ2n) is 6.95. The highest BCUT2D eigenvalue weighted by Crippen LogP contribution is 2.32. The van der Waals surface area contributed by atoms with E-state index in [9.17, 15) is 14.4 Å². The second kappa shape index (κ2) is 6.11. The largest absolute Gasteiger partial charge is 0.368 e. The SMILES string of the molecule is C[C@H]1CN(c2ccccc2)c2nc3c(c(=O)n(CC(N)=O)c(=O)n3C)n2C1. The molecule has 1 aromatic carbocycles. The van der Waals surface area contributed by atoms with Crippen molar-refractivity contribution in [1.82, 2.24) is 18.7 Å². The first-order valence-electron chi connectivity index (χ1n) is 8.69. The van der Waals surface area contributed by atoms with Gasteiger partial charge in [0, 0.05) is 25.8 Å². The summed E-state index contributed by atoms with van der Waals surface area (Å²) in [4.78, 5) is 43.5. The fourth-order valence-corrected chi connectivity index (χ4v) is 3.63. The van der Waals surface area contributed by atoms with Crippen LogP contribution in [0.15, 0.2) is 39.9 Å². The van der Waals surface area contributed by atoms with Gasteiger partial charge in [-0.2, -0.15) is 4.98 Å². The van der Waals surface area contributed by atoms with Crippen molar-refractivity contribution in [3.05, 3.63) is 51.2 Å². The molecule has 1 aliphatic rings. The third-order valence-electron chi connectivity index (χ3n) is 4.82. The van der Waals surface area contributed by atoms with Gasteiger partial charge in [-0.3, -0.25) is 14.2 Å². The van der Waals surface area contributed by atoms with E-state index >= 15 is 0 Å². The fraction of sp³-hybridized carbons (Fsp3) is 0.333. The van der Waals surface area contributed by atoms with Gasteiger partial charge in [-0.1, -0.05) is 25.1 Å². The van der Waals surface area contributed by atoms with E-state index in [0.29, 0.717) is 23.7 Å². The van der Waals surface area contributed by atoms with Crippen LogP contribution in [0.1, 0.15) is 6.92 Å². The lowest BCUT2D eigenvalue weighted by molar-refractivity contribution is -0.118. The number of anilines is 2. The lowest BCUT2D eigenvalue weighted by Crippen LogP contribution is -2.43. The molecule has 3 heterocycles. The summed E-state index contributed by atoms with van der Waals surface area (Å²) in [7, 11) is 1.54. The molecule has 2 N–H and O–H groups in total. The number of rotatable bonds is 3. The van der Waals surface area contributed by atoms with Crippen LogP contribution < -0.4 is 21.9 Å². The van der Waals surface area contributed by atoms with Crippen molar-refractivity contribution < 1.29 is 4.79 Å². The summed E-state index contributed by atoms with van der Waals surface area (Å²) >= 11 is 0. The summed E-state index contributed by atoms with van der Waals surface area (Å²) < 4.78 is 3.99. The minimum Gasteiger partial charge on any atom is -0.368 e. The summed E-state index contributed by atoms with van der Waals surface area (Å²) in [6, 6.07) is 9.78. The van der Waals surface area contributed by atoms with Crippen LogP contribution in [0.2, 0.25) is 0 Å². The monoisotopic (exact) mass is 368 g/mol. The van der Waals surface area contributed by atoms with Crippen molar-refractivity contribution in [1.29, 1.82) is 0 Å². The van der Waals surface area contributed by atoms with Crippen LogP contribution in [0.3, 0.4) is 0 Å². The number of primary amides is 1. The van der Waals surface area contributed by atoms with E-state index < -0.39 is 23.7 Å². The molecule has 1 amide bonds. The molecule has 0 unspecified atom stereocenters. The van der Waals surface area contributed by atoms with Gasteiger partial charge >= 0.3 is 5.69 Å². The Morgan fingerprint density at radius 3 is 2.59 bits per heavy atom. The van der Waals surface area contributed by atoms with Gasteiger partial charge in [-0.15, -0.1) is 0 Å². The molecule has 4 rings (SSSR count). The molecule has 9 nitrogen and oxygen atoms in total. The van der Waals surface area contributed by atoms with Crippen molar-refractivity contribution in [3.8, 4) is 0 Å². The maximum atomic E-state index is 13.0. The zero-order chi connectivity index (χ0) is 19.3. The number of imidazole rings is 1. The van der Waals surface area contributed by atoms with E-state index in [1.165, 1.54) is 11.6 Å². The van der Waals surface area contributed by atoms with Crippen LogP contribution in [-0.2, 0) is 24.9 Å². The molecule has 0 saturated heterocycles. The van der Waals surface area contributed by atoms with Gasteiger partial charge in [0.25, 0.3) is 5.56 Å². The molecule has 140 valence electrons. The van der Waals surface area contributed by atoms with Gasteiger partial charge in [0.05, 0.1) is 0 Å². The van der Waals surface area contributed by atoms with Crippen molar-refractivity contribution in [2.24, 2.45) is 18.7 Å². The van der Waals surface area contributed by atoms with Gasteiger partial charge in [0.15, 0.2) is 11.2 Å². The topological polar surface area (TPSA) is 108 Å². The van der Waals surface area contributed by atoms with Gasteiger partial charge in [0.1, 0.15) is 6.54 Å². The summed E-state index contributed by atoms with van der Waals surface area (Å²) in [5, 5.41) is 0. The minimum atomic E-state index is -0.744. The lowest BCUT2D eigenvalue weighted by atomic mass is 10.1. The number of hydrogen-bond donors (Lipinski definition) is 1. The molecule has 0 spiro atoms. The van der Waals surface area contributed by atoms with Crippen LogP contribution >= 0.6 is 0 Å². The molecule has 0 aliphatic carbocycles. The third kappa shape index (κ3) is 2.62. The maximum absolute atomic E-state index is 13.0. The van der Waals surface area contributed by atoms with Crippen LogP contribution in [0.25, 0.3) is 11.2 Å². The van der Waals surface area contributed by atoms with Gasteiger partial charge in [-0.05, 0) is 18.1 Å². The van der Waals surface area contributed by atoms with Gasteiger partial charge < -0.3 is 15.2 Å². The predicted octanol–water partition coefficient (Wildman–Crippen LogP) is 0.170. The molecule has 2 aromatic heterocycles.